The number of methoxy groups -OCH3 is 1. The molecule has 35 heavy (non-hydrogen) atoms. The smallest absolute Gasteiger partial charge is 0.299 e. The highest BCUT2D eigenvalue weighted by molar-refractivity contribution is 5.81. The average molecular weight is 477 g/mol. The molecule has 0 aliphatic carbocycles. The first-order chi connectivity index (χ1) is 16.9. The zero-order valence-electron chi connectivity index (χ0n) is 20.3. The Morgan fingerprint density at radius 1 is 1.11 bits per heavy atom. The molecule has 1 unspecified atom stereocenters. The lowest BCUT2D eigenvalue weighted by Crippen LogP contribution is -2.36. The number of halogens is 1. The maximum atomic E-state index is 14.5. The van der Waals surface area contributed by atoms with Crippen molar-refractivity contribution in [1.29, 1.82) is 0 Å². The quantitative estimate of drug-likeness (QED) is 0.465. The van der Waals surface area contributed by atoms with Crippen LogP contribution < -0.4 is 15.0 Å². The molecule has 4 rings (SSSR count). The number of hydrogen-bond donors (Lipinski definition) is 0. The zero-order chi connectivity index (χ0) is 24.9. The third-order valence-electron chi connectivity index (χ3n) is 6.55. The van der Waals surface area contributed by atoms with Gasteiger partial charge in [-0.2, -0.15) is 4.98 Å². The van der Waals surface area contributed by atoms with Gasteiger partial charge in [0, 0.05) is 18.7 Å². The van der Waals surface area contributed by atoms with Gasteiger partial charge in [0.25, 0.3) is 11.6 Å². The minimum atomic E-state index is -0.664. The number of benzene rings is 2. The number of likely N-dealkylation sites (N-methyl/N-ethyl adjacent to an activating group) is 1. The number of ether oxygens (including phenoxy) is 2. The van der Waals surface area contributed by atoms with Crippen LogP contribution in [0.5, 0.6) is 11.8 Å². The van der Waals surface area contributed by atoms with E-state index in [0.29, 0.717) is 34.7 Å². The Hall–Kier alpha value is -3.70. The van der Waals surface area contributed by atoms with Gasteiger partial charge in [-0.05, 0) is 50.2 Å². The molecule has 0 saturated carbocycles. The second kappa shape index (κ2) is 10.7. The zero-order valence-corrected chi connectivity index (χ0v) is 20.3. The van der Waals surface area contributed by atoms with E-state index in [1.54, 1.807) is 44.5 Å². The van der Waals surface area contributed by atoms with Crippen LogP contribution >= 0.6 is 0 Å². The molecule has 1 atom stereocenters. The van der Waals surface area contributed by atoms with Crippen molar-refractivity contribution in [2.24, 2.45) is 7.05 Å². The summed E-state index contributed by atoms with van der Waals surface area (Å²) in [5.74, 6) is -0.0109. The van der Waals surface area contributed by atoms with E-state index in [4.69, 9.17) is 21.0 Å². The monoisotopic (exact) mass is 476 g/mol. The Balaban J connectivity index is 1.80. The third-order valence-corrected chi connectivity index (χ3v) is 6.55. The van der Waals surface area contributed by atoms with Crippen molar-refractivity contribution < 1.29 is 13.9 Å². The molecular weight excluding hydrogens is 447 g/mol. The van der Waals surface area contributed by atoms with Crippen LogP contribution in [0.25, 0.3) is 27.2 Å². The lowest BCUT2D eigenvalue weighted by molar-refractivity contribution is 0.151. The minimum absolute atomic E-state index is 0.0866. The van der Waals surface area contributed by atoms with E-state index in [-0.39, 0.29) is 23.3 Å². The van der Waals surface area contributed by atoms with E-state index in [2.05, 4.69) is 16.8 Å². The molecule has 1 fully saturated rings. The van der Waals surface area contributed by atoms with Gasteiger partial charge in [0.2, 0.25) is 5.69 Å². The average Bonchev–Trinajstić information content (AvgIpc) is 3.08. The molecule has 0 spiro atoms. The topological polar surface area (TPSA) is 61.0 Å². The molecule has 7 nitrogen and oxygen atoms in total. The normalized spacial score (nSPS) is 16.4. The molecule has 3 aromatic rings. The van der Waals surface area contributed by atoms with Gasteiger partial charge >= 0.3 is 0 Å². The fraction of sp³-hybridized carbons (Fsp3) is 0.370. The van der Waals surface area contributed by atoms with Crippen molar-refractivity contribution in [3.8, 4) is 34.1 Å². The summed E-state index contributed by atoms with van der Waals surface area (Å²) in [5, 5.41) is 0. The molecule has 0 bridgehead atoms. The van der Waals surface area contributed by atoms with Gasteiger partial charge in [-0.3, -0.25) is 9.36 Å². The second-order valence-corrected chi connectivity index (χ2v) is 8.78. The molecule has 0 N–H and O–H groups in total. The van der Waals surface area contributed by atoms with Crippen LogP contribution in [0.15, 0.2) is 47.3 Å². The fourth-order valence-electron chi connectivity index (χ4n) is 4.39. The first-order valence-electron chi connectivity index (χ1n) is 11.7. The summed E-state index contributed by atoms with van der Waals surface area (Å²) in [6.07, 6.45) is 4.52. The fourth-order valence-corrected chi connectivity index (χ4v) is 4.39. The molecule has 1 aliphatic heterocycles. The van der Waals surface area contributed by atoms with Crippen LogP contribution in [-0.2, 0) is 7.05 Å². The molecule has 182 valence electrons. The van der Waals surface area contributed by atoms with Crippen LogP contribution in [0, 0.1) is 12.4 Å². The van der Waals surface area contributed by atoms with Gasteiger partial charge in [0.1, 0.15) is 18.2 Å². The summed E-state index contributed by atoms with van der Waals surface area (Å²) in [6, 6.07) is 11.7. The number of hydrogen-bond acceptors (Lipinski definition) is 5. The van der Waals surface area contributed by atoms with Gasteiger partial charge in [-0.15, -0.1) is 0 Å². The largest absolute Gasteiger partial charge is 0.497 e. The molecule has 1 aliphatic rings. The Labute approximate surface area is 204 Å². The molecular formula is C27H29FN4O3. The molecule has 0 amide bonds. The van der Waals surface area contributed by atoms with Crippen molar-refractivity contribution in [1.82, 2.24) is 14.5 Å². The summed E-state index contributed by atoms with van der Waals surface area (Å²) in [5.41, 5.74) is 1.26. The van der Waals surface area contributed by atoms with Gasteiger partial charge in [-0.25, -0.2) is 9.24 Å². The van der Waals surface area contributed by atoms with E-state index in [1.165, 1.54) is 23.1 Å². The van der Waals surface area contributed by atoms with Crippen LogP contribution in [-0.4, -0.2) is 47.8 Å². The summed E-state index contributed by atoms with van der Waals surface area (Å²) in [6.45, 7) is 8.55. The standard InChI is InChI=1S/C27H29FN4O3/c1-29-23-14-11-19(16-22(23)28)25-24(18-9-12-21(34-4)13-10-18)26(33)32(3)27(30-25)35-17-20-8-6-5-7-15-31(20)2/h9-14,16,20H,5-8,15,17H2,2-4H3. The highest BCUT2D eigenvalue weighted by Crippen LogP contribution is 2.33. The van der Waals surface area contributed by atoms with Crippen molar-refractivity contribution in [3.05, 3.63) is 70.1 Å². The van der Waals surface area contributed by atoms with Crippen LogP contribution in [0.2, 0.25) is 0 Å². The van der Waals surface area contributed by atoms with E-state index < -0.39 is 5.82 Å². The molecule has 1 saturated heterocycles. The molecule has 2 aromatic carbocycles. The van der Waals surface area contributed by atoms with Crippen molar-refractivity contribution in [3.63, 3.8) is 0 Å². The summed E-state index contributed by atoms with van der Waals surface area (Å²) in [4.78, 5) is 23.8. The highest BCUT2D eigenvalue weighted by Gasteiger charge is 2.22. The predicted octanol–water partition coefficient (Wildman–Crippen LogP) is 5.07. The van der Waals surface area contributed by atoms with E-state index in [0.717, 1.165) is 25.8 Å². The molecule has 2 heterocycles. The van der Waals surface area contributed by atoms with Gasteiger partial charge < -0.3 is 14.4 Å². The second-order valence-electron chi connectivity index (χ2n) is 8.78. The third kappa shape index (κ3) is 5.20. The number of aromatic nitrogens is 2. The Morgan fingerprint density at radius 2 is 1.86 bits per heavy atom. The van der Waals surface area contributed by atoms with Gasteiger partial charge in [-0.1, -0.05) is 37.1 Å². The van der Waals surface area contributed by atoms with Crippen LogP contribution in [0.4, 0.5) is 10.1 Å². The lowest BCUT2D eigenvalue weighted by Gasteiger charge is -2.26. The molecule has 8 heteroatoms. The van der Waals surface area contributed by atoms with Gasteiger partial charge in [0.05, 0.1) is 24.9 Å². The van der Waals surface area contributed by atoms with Crippen molar-refractivity contribution >= 4 is 5.69 Å². The maximum Gasteiger partial charge on any atom is 0.299 e. The maximum absolute atomic E-state index is 14.5. The Bertz CT molecular complexity index is 1300. The van der Waals surface area contributed by atoms with E-state index >= 15 is 0 Å². The summed E-state index contributed by atoms with van der Waals surface area (Å²) in [7, 11) is 5.28. The Kier molecular flexibility index (Phi) is 7.47. The molecule has 0 radical (unpaired) electrons. The van der Waals surface area contributed by atoms with Crippen molar-refractivity contribution in [2.45, 2.75) is 31.7 Å². The predicted molar refractivity (Wildman–Crippen MR) is 134 cm³/mol. The van der Waals surface area contributed by atoms with Gasteiger partial charge in [0.15, 0.2) is 0 Å². The lowest BCUT2D eigenvalue weighted by atomic mass is 10.00. The highest BCUT2D eigenvalue weighted by atomic mass is 19.1. The first-order valence-corrected chi connectivity index (χ1v) is 11.7. The van der Waals surface area contributed by atoms with Crippen LogP contribution in [0.3, 0.4) is 0 Å². The van der Waals surface area contributed by atoms with Crippen molar-refractivity contribution in [2.75, 3.05) is 27.3 Å². The minimum Gasteiger partial charge on any atom is -0.497 e. The SMILES string of the molecule is [C-]#[N+]c1ccc(-c2nc(OCC3CCCCCN3C)n(C)c(=O)c2-c2ccc(OC)cc2)cc1F. The summed E-state index contributed by atoms with van der Waals surface area (Å²) >= 11 is 0. The van der Waals surface area contributed by atoms with E-state index in [9.17, 15) is 9.18 Å². The van der Waals surface area contributed by atoms with E-state index in [1.807, 2.05) is 0 Å². The van der Waals surface area contributed by atoms with Crippen LogP contribution in [0.1, 0.15) is 25.7 Å². The Morgan fingerprint density at radius 3 is 2.54 bits per heavy atom. The number of rotatable bonds is 6. The summed E-state index contributed by atoms with van der Waals surface area (Å²) < 4.78 is 27.3. The first kappa shape index (κ1) is 24.4. The molecule has 1 aromatic heterocycles. The number of nitrogens with zero attached hydrogens (tertiary/aromatic N) is 4. The number of likely N-dealkylation sites (tertiary alicyclic amines) is 1.